The number of ether oxygens (including phenoxy) is 1. The van der Waals surface area contributed by atoms with Gasteiger partial charge in [-0.3, -0.25) is 4.90 Å². The summed E-state index contributed by atoms with van der Waals surface area (Å²) in [5.74, 6) is 0. The van der Waals surface area contributed by atoms with Crippen LogP contribution >= 0.6 is 0 Å². The smallest absolute Gasteiger partial charge is 0.0775 e. The van der Waals surface area contributed by atoms with Gasteiger partial charge in [0.25, 0.3) is 0 Å². The molecule has 1 fully saturated rings. The van der Waals surface area contributed by atoms with Crippen LogP contribution in [0.25, 0.3) is 0 Å². The highest BCUT2D eigenvalue weighted by atomic mass is 16.5. The van der Waals surface area contributed by atoms with Crippen LogP contribution in [-0.2, 0) is 11.3 Å². The van der Waals surface area contributed by atoms with Crippen molar-refractivity contribution in [3.05, 3.63) is 11.9 Å². The van der Waals surface area contributed by atoms with Crippen LogP contribution in [0.3, 0.4) is 0 Å². The van der Waals surface area contributed by atoms with Crippen molar-refractivity contribution < 1.29 is 4.74 Å². The predicted octanol–water partition coefficient (Wildman–Crippen LogP) is 1.45. The molecule has 1 aromatic heterocycles. The average Bonchev–Trinajstić information content (AvgIpc) is 2.97. The van der Waals surface area contributed by atoms with Gasteiger partial charge in [0, 0.05) is 25.2 Å². The first kappa shape index (κ1) is 16.4. The van der Waals surface area contributed by atoms with Gasteiger partial charge in [0.2, 0.25) is 0 Å². The second-order valence-electron chi connectivity index (χ2n) is 5.91. The Labute approximate surface area is 127 Å². The molecule has 0 bridgehead atoms. The third-order valence-electron chi connectivity index (χ3n) is 4.74. The van der Waals surface area contributed by atoms with Gasteiger partial charge in [-0.2, -0.15) is 0 Å². The summed E-state index contributed by atoms with van der Waals surface area (Å²) < 4.78 is 7.55. The average molecular weight is 295 g/mol. The van der Waals surface area contributed by atoms with E-state index in [0.717, 1.165) is 45.7 Å². The second kappa shape index (κ2) is 7.33. The zero-order chi connectivity index (χ0) is 15.3. The number of aryl methyl sites for hydroxylation is 1. The van der Waals surface area contributed by atoms with Crippen molar-refractivity contribution in [3.8, 4) is 0 Å². The summed E-state index contributed by atoms with van der Waals surface area (Å²) in [6.07, 6.45) is 4.04. The fraction of sp³-hybridized carbons (Fsp3) is 0.867. The van der Waals surface area contributed by atoms with E-state index in [1.54, 1.807) is 0 Å². The highest BCUT2D eigenvalue weighted by Gasteiger charge is 2.40. The number of likely N-dealkylation sites (N-methyl/N-ethyl adjacent to an activating group) is 1. The van der Waals surface area contributed by atoms with E-state index in [2.05, 4.69) is 41.3 Å². The first-order valence-corrected chi connectivity index (χ1v) is 8.05. The molecular formula is C15H29N5O. The number of morpholine rings is 1. The van der Waals surface area contributed by atoms with Crippen molar-refractivity contribution >= 4 is 0 Å². The first-order chi connectivity index (χ1) is 10.2. The Hall–Kier alpha value is -0.980. The molecule has 0 saturated carbocycles. The van der Waals surface area contributed by atoms with Gasteiger partial charge < -0.3 is 10.1 Å². The van der Waals surface area contributed by atoms with Crippen LogP contribution in [0.4, 0.5) is 0 Å². The maximum Gasteiger partial charge on any atom is 0.0775 e. The van der Waals surface area contributed by atoms with Crippen molar-refractivity contribution in [1.29, 1.82) is 0 Å². The molecular weight excluding hydrogens is 266 g/mol. The third kappa shape index (κ3) is 3.27. The molecule has 0 aromatic carbocycles. The number of nitrogens with one attached hydrogen (secondary N) is 1. The third-order valence-corrected chi connectivity index (χ3v) is 4.74. The molecule has 6 nitrogen and oxygen atoms in total. The standard InChI is InChI=1S/C15H29N5O/c1-5-7-20-13(12-17-18-20)14(16-4)15(3,6-2)19-8-10-21-11-9-19/h12,14,16H,5-11H2,1-4H3. The number of hydrogen-bond acceptors (Lipinski definition) is 5. The van der Waals surface area contributed by atoms with E-state index in [-0.39, 0.29) is 11.6 Å². The molecule has 0 amide bonds. The highest BCUT2D eigenvalue weighted by Crippen LogP contribution is 2.34. The quantitative estimate of drug-likeness (QED) is 0.825. The van der Waals surface area contributed by atoms with Crippen molar-refractivity contribution in [3.63, 3.8) is 0 Å². The van der Waals surface area contributed by atoms with Crippen LogP contribution in [0.2, 0.25) is 0 Å². The highest BCUT2D eigenvalue weighted by molar-refractivity contribution is 5.12. The molecule has 1 N–H and O–H groups in total. The van der Waals surface area contributed by atoms with Crippen molar-refractivity contribution in [2.45, 2.75) is 51.7 Å². The van der Waals surface area contributed by atoms with Crippen molar-refractivity contribution in [2.24, 2.45) is 0 Å². The number of hydrogen-bond donors (Lipinski definition) is 1. The van der Waals surface area contributed by atoms with Crippen LogP contribution in [0, 0.1) is 0 Å². The lowest BCUT2D eigenvalue weighted by molar-refractivity contribution is -0.0330. The zero-order valence-corrected chi connectivity index (χ0v) is 13.8. The van der Waals surface area contributed by atoms with Crippen LogP contribution in [0.1, 0.15) is 45.3 Å². The Bertz CT molecular complexity index is 429. The molecule has 6 heteroatoms. The first-order valence-electron chi connectivity index (χ1n) is 8.05. The number of rotatable bonds is 7. The van der Waals surface area contributed by atoms with Crippen LogP contribution < -0.4 is 5.32 Å². The number of nitrogens with zero attached hydrogens (tertiary/aromatic N) is 4. The maximum atomic E-state index is 5.51. The molecule has 2 unspecified atom stereocenters. The Balaban J connectivity index is 2.29. The van der Waals surface area contributed by atoms with Gasteiger partial charge in [-0.1, -0.05) is 19.1 Å². The van der Waals surface area contributed by atoms with E-state index >= 15 is 0 Å². The molecule has 1 aliphatic rings. The molecule has 0 spiro atoms. The van der Waals surface area contributed by atoms with Gasteiger partial charge in [0.05, 0.1) is 31.1 Å². The molecule has 120 valence electrons. The van der Waals surface area contributed by atoms with E-state index in [4.69, 9.17) is 4.74 Å². The number of aromatic nitrogens is 3. The minimum Gasteiger partial charge on any atom is -0.379 e. The summed E-state index contributed by atoms with van der Waals surface area (Å²) in [5, 5.41) is 11.9. The lowest BCUT2D eigenvalue weighted by atomic mass is 9.85. The van der Waals surface area contributed by atoms with Crippen LogP contribution in [0.15, 0.2) is 6.20 Å². The SMILES string of the molecule is CCCn1nncc1C(NC)C(C)(CC)N1CCOCC1. The molecule has 1 saturated heterocycles. The lowest BCUT2D eigenvalue weighted by Gasteiger charge is -2.47. The topological polar surface area (TPSA) is 55.2 Å². The molecule has 2 atom stereocenters. The molecule has 1 aromatic rings. The van der Waals surface area contributed by atoms with Gasteiger partial charge >= 0.3 is 0 Å². The van der Waals surface area contributed by atoms with Crippen molar-refractivity contribution in [2.75, 3.05) is 33.4 Å². The Morgan fingerprint density at radius 3 is 2.67 bits per heavy atom. The Kier molecular flexibility index (Phi) is 5.72. The van der Waals surface area contributed by atoms with Crippen LogP contribution in [-0.4, -0.2) is 58.8 Å². The molecule has 2 heterocycles. The fourth-order valence-electron chi connectivity index (χ4n) is 3.34. The van der Waals surface area contributed by atoms with E-state index in [0.29, 0.717) is 0 Å². The summed E-state index contributed by atoms with van der Waals surface area (Å²) in [4.78, 5) is 2.54. The molecule has 0 radical (unpaired) electrons. The molecule has 2 rings (SSSR count). The normalized spacial score (nSPS) is 21.1. The Morgan fingerprint density at radius 1 is 1.38 bits per heavy atom. The van der Waals surface area contributed by atoms with E-state index in [1.807, 2.05) is 17.9 Å². The summed E-state index contributed by atoms with van der Waals surface area (Å²) in [6.45, 7) is 11.3. The minimum atomic E-state index is 0.0335. The van der Waals surface area contributed by atoms with Gasteiger partial charge in [-0.25, -0.2) is 4.68 Å². The predicted molar refractivity (Wildman–Crippen MR) is 83.2 cm³/mol. The van der Waals surface area contributed by atoms with E-state index in [1.165, 1.54) is 5.69 Å². The summed E-state index contributed by atoms with van der Waals surface area (Å²) in [7, 11) is 2.03. The van der Waals surface area contributed by atoms with E-state index < -0.39 is 0 Å². The van der Waals surface area contributed by atoms with E-state index in [9.17, 15) is 0 Å². The summed E-state index contributed by atoms with van der Waals surface area (Å²) in [6, 6.07) is 0.210. The largest absolute Gasteiger partial charge is 0.379 e. The summed E-state index contributed by atoms with van der Waals surface area (Å²) in [5.41, 5.74) is 1.21. The molecule has 1 aliphatic heterocycles. The second-order valence-corrected chi connectivity index (χ2v) is 5.91. The maximum absolute atomic E-state index is 5.51. The monoisotopic (exact) mass is 295 g/mol. The Morgan fingerprint density at radius 2 is 2.10 bits per heavy atom. The van der Waals surface area contributed by atoms with Gasteiger partial charge in [0.1, 0.15) is 0 Å². The summed E-state index contributed by atoms with van der Waals surface area (Å²) >= 11 is 0. The lowest BCUT2D eigenvalue weighted by Crippen LogP contribution is -2.57. The fourth-order valence-corrected chi connectivity index (χ4v) is 3.34. The zero-order valence-electron chi connectivity index (χ0n) is 13.8. The molecule has 21 heavy (non-hydrogen) atoms. The van der Waals surface area contributed by atoms with Gasteiger partial charge in [0.15, 0.2) is 0 Å². The minimum absolute atomic E-state index is 0.0335. The van der Waals surface area contributed by atoms with Crippen molar-refractivity contribution in [1.82, 2.24) is 25.2 Å². The van der Waals surface area contributed by atoms with Gasteiger partial charge in [-0.15, -0.1) is 5.10 Å². The molecule has 0 aliphatic carbocycles. The van der Waals surface area contributed by atoms with Gasteiger partial charge in [-0.05, 0) is 26.8 Å². The van der Waals surface area contributed by atoms with Crippen LogP contribution in [0.5, 0.6) is 0 Å².